The molecule has 5 nitrogen and oxygen atoms in total. The SMILES string of the molecule is Cc1cc(NC(=O)C(C)NS(=O)(=O)c2ccccc2F)ccc1Br. The molecule has 1 amide bonds. The van der Waals surface area contributed by atoms with E-state index in [0.717, 1.165) is 22.2 Å². The number of benzene rings is 2. The zero-order chi connectivity index (χ0) is 17.9. The van der Waals surface area contributed by atoms with Crippen molar-refractivity contribution in [3.8, 4) is 0 Å². The minimum absolute atomic E-state index is 0.496. The van der Waals surface area contributed by atoms with Gasteiger partial charge >= 0.3 is 0 Å². The zero-order valence-corrected chi connectivity index (χ0v) is 15.4. The van der Waals surface area contributed by atoms with Crippen molar-refractivity contribution in [3.63, 3.8) is 0 Å². The molecule has 8 heteroatoms. The van der Waals surface area contributed by atoms with E-state index in [-0.39, 0.29) is 0 Å². The van der Waals surface area contributed by atoms with Gasteiger partial charge < -0.3 is 5.32 Å². The molecule has 0 aliphatic heterocycles. The summed E-state index contributed by atoms with van der Waals surface area (Å²) in [6.45, 7) is 3.25. The maximum Gasteiger partial charge on any atom is 0.244 e. The first-order valence-electron chi connectivity index (χ1n) is 7.04. The summed E-state index contributed by atoms with van der Waals surface area (Å²) in [5.74, 6) is -1.42. The Bertz CT molecular complexity index is 871. The Labute approximate surface area is 148 Å². The van der Waals surface area contributed by atoms with E-state index in [0.29, 0.717) is 5.69 Å². The first-order chi connectivity index (χ1) is 11.2. The normalized spacial score (nSPS) is 12.7. The van der Waals surface area contributed by atoms with E-state index in [4.69, 9.17) is 0 Å². The van der Waals surface area contributed by atoms with E-state index in [1.54, 1.807) is 18.2 Å². The molecule has 2 N–H and O–H groups in total. The summed E-state index contributed by atoms with van der Waals surface area (Å²) in [4.78, 5) is 11.7. The molecule has 0 aliphatic rings. The number of aryl methyl sites for hydroxylation is 1. The fourth-order valence-corrected chi connectivity index (χ4v) is 3.51. The van der Waals surface area contributed by atoms with E-state index in [1.807, 2.05) is 6.92 Å². The molecule has 2 rings (SSSR count). The molecule has 0 radical (unpaired) electrons. The molecule has 2 aromatic rings. The van der Waals surface area contributed by atoms with Gasteiger partial charge in [0.15, 0.2) is 0 Å². The van der Waals surface area contributed by atoms with Crippen molar-refractivity contribution in [1.82, 2.24) is 4.72 Å². The van der Waals surface area contributed by atoms with Crippen molar-refractivity contribution in [2.75, 3.05) is 5.32 Å². The average molecular weight is 415 g/mol. The molecule has 0 fully saturated rings. The third-order valence-corrected chi connectivity index (χ3v) is 5.74. The van der Waals surface area contributed by atoms with Gasteiger partial charge in [-0.25, -0.2) is 12.8 Å². The lowest BCUT2D eigenvalue weighted by molar-refractivity contribution is -0.117. The van der Waals surface area contributed by atoms with Gasteiger partial charge in [-0.05, 0) is 49.7 Å². The smallest absolute Gasteiger partial charge is 0.244 e. The van der Waals surface area contributed by atoms with Crippen molar-refractivity contribution in [1.29, 1.82) is 0 Å². The minimum Gasteiger partial charge on any atom is -0.325 e. The van der Waals surface area contributed by atoms with Crippen molar-refractivity contribution in [2.24, 2.45) is 0 Å². The van der Waals surface area contributed by atoms with Crippen molar-refractivity contribution in [3.05, 3.63) is 58.3 Å². The van der Waals surface area contributed by atoms with E-state index in [9.17, 15) is 17.6 Å². The maximum atomic E-state index is 13.6. The van der Waals surface area contributed by atoms with Crippen LogP contribution in [-0.2, 0) is 14.8 Å². The van der Waals surface area contributed by atoms with E-state index < -0.39 is 32.7 Å². The summed E-state index contributed by atoms with van der Waals surface area (Å²) in [6, 6.07) is 9.13. The Kier molecular flexibility index (Phi) is 5.74. The molecular weight excluding hydrogens is 399 g/mol. The molecule has 0 aromatic heterocycles. The quantitative estimate of drug-likeness (QED) is 0.788. The van der Waals surface area contributed by atoms with Gasteiger partial charge in [0.1, 0.15) is 10.7 Å². The largest absolute Gasteiger partial charge is 0.325 e. The highest BCUT2D eigenvalue weighted by Gasteiger charge is 2.24. The summed E-state index contributed by atoms with van der Waals surface area (Å²) in [5.41, 5.74) is 1.46. The molecule has 0 saturated heterocycles. The third kappa shape index (κ3) is 4.40. The van der Waals surface area contributed by atoms with Crippen LogP contribution in [0.2, 0.25) is 0 Å². The number of nitrogens with one attached hydrogen (secondary N) is 2. The molecular formula is C16H16BrFN2O3S. The molecule has 1 atom stereocenters. The number of halogens is 2. The van der Waals surface area contributed by atoms with Crippen LogP contribution in [0.3, 0.4) is 0 Å². The van der Waals surface area contributed by atoms with Crippen molar-refractivity contribution < 1.29 is 17.6 Å². The van der Waals surface area contributed by atoms with Crippen molar-refractivity contribution in [2.45, 2.75) is 24.8 Å². The van der Waals surface area contributed by atoms with Crippen LogP contribution in [-0.4, -0.2) is 20.4 Å². The van der Waals surface area contributed by atoms with Gasteiger partial charge in [-0.2, -0.15) is 4.72 Å². The van der Waals surface area contributed by atoms with Gasteiger partial charge in [0.25, 0.3) is 0 Å². The van der Waals surface area contributed by atoms with Crippen LogP contribution in [0.4, 0.5) is 10.1 Å². The zero-order valence-electron chi connectivity index (χ0n) is 13.0. The molecule has 0 spiro atoms. The van der Waals surface area contributed by atoms with E-state index in [2.05, 4.69) is 26.0 Å². The summed E-state index contributed by atoms with van der Waals surface area (Å²) in [5, 5.41) is 2.62. The van der Waals surface area contributed by atoms with Crippen LogP contribution in [0.15, 0.2) is 51.8 Å². The predicted molar refractivity (Wildman–Crippen MR) is 93.7 cm³/mol. The molecule has 1 unspecified atom stereocenters. The van der Waals surface area contributed by atoms with Gasteiger partial charge in [0.05, 0.1) is 6.04 Å². The van der Waals surface area contributed by atoms with Crippen LogP contribution in [0.1, 0.15) is 12.5 Å². The highest BCUT2D eigenvalue weighted by Crippen LogP contribution is 2.20. The van der Waals surface area contributed by atoms with E-state index in [1.165, 1.54) is 19.1 Å². The summed E-state index contributed by atoms with van der Waals surface area (Å²) < 4.78 is 41.1. The highest BCUT2D eigenvalue weighted by atomic mass is 79.9. The second-order valence-electron chi connectivity index (χ2n) is 5.23. The number of sulfonamides is 1. The number of amides is 1. The summed E-state index contributed by atoms with van der Waals surface area (Å²) in [6.07, 6.45) is 0. The number of rotatable bonds is 5. The standard InChI is InChI=1S/C16H16BrFN2O3S/c1-10-9-12(7-8-13(10)17)19-16(21)11(2)20-24(22,23)15-6-4-3-5-14(15)18/h3-9,11,20H,1-2H3,(H,19,21). The van der Waals surface area contributed by atoms with Crippen LogP contribution in [0.25, 0.3) is 0 Å². The summed E-state index contributed by atoms with van der Waals surface area (Å²) >= 11 is 3.36. The molecule has 0 bridgehead atoms. The predicted octanol–water partition coefficient (Wildman–Crippen LogP) is 3.20. The third-order valence-electron chi connectivity index (χ3n) is 3.28. The Morgan fingerprint density at radius 2 is 1.88 bits per heavy atom. The van der Waals surface area contributed by atoms with Gasteiger partial charge in [0, 0.05) is 10.2 Å². The fourth-order valence-electron chi connectivity index (χ4n) is 1.99. The average Bonchev–Trinajstić information content (AvgIpc) is 2.50. The lowest BCUT2D eigenvalue weighted by Gasteiger charge is -2.15. The number of hydrogen-bond acceptors (Lipinski definition) is 3. The number of carbonyl (C=O) groups excluding carboxylic acids is 1. The maximum absolute atomic E-state index is 13.6. The summed E-state index contributed by atoms with van der Waals surface area (Å²) in [7, 11) is -4.14. The van der Waals surface area contributed by atoms with Crippen LogP contribution in [0, 0.1) is 12.7 Å². The van der Waals surface area contributed by atoms with Crippen LogP contribution >= 0.6 is 15.9 Å². The second-order valence-corrected chi connectivity index (χ2v) is 7.76. The number of carbonyl (C=O) groups is 1. The molecule has 0 saturated carbocycles. The minimum atomic E-state index is -4.14. The van der Waals surface area contributed by atoms with Gasteiger partial charge in [-0.3, -0.25) is 4.79 Å². The van der Waals surface area contributed by atoms with Gasteiger partial charge in [0.2, 0.25) is 15.9 Å². The lowest BCUT2D eigenvalue weighted by Crippen LogP contribution is -2.41. The van der Waals surface area contributed by atoms with Gasteiger partial charge in [-0.15, -0.1) is 0 Å². The molecule has 0 aliphatic carbocycles. The molecule has 2 aromatic carbocycles. The number of anilines is 1. The first kappa shape index (κ1) is 18.6. The Morgan fingerprint density at radius 3 is 2.50 bits per heavy atom. The lowest BCUT2D eigenvalue weighted by atomic mass is 10.2. The molecule has 128 valence electrons. The van der Waals surface area contributed by atoms with E-state index >= 15 is 0 Å². The Hall–Kier alpha value is -1.77. The fraction of sp³-hybridized carbons (Fsp3) is 0.188. The topological polar surface area (TPSA) is 75.3 Å². The second kappa shape index (κ2) is 7.42. The Balaban J connectivity index is 2.11. The molecule has 0 heterocycles. The monoisotopic (exact) mass is 414 g/mol. The Morgan fingerprint density at radius 1 is 1.21 bits per heavy atom. The molecule has 24 heavy (non-hydrogen) atoms. The van der Waals surface area contributed by atoms with Gasteiger partial charge in [-0.1, -0.05) is 28.1 Å². The van der Waals surface area contributed by atoms with Crippen molar-refractivity contribution >= 4 is 37.5 Å². The highest BCUT2D eigenvalue weighted by molar-refractivity contribution is 9.10. The van der Waals surface area contributed by atoms with Crippen LogP contribution in [0.5, 0.6) is 0 Å². The number of hydrogen-bond donors (Lipinski definition) is 2. The van der Waals surface area contributed by atoms with Crippen LogP contribution < -0.4 is 10.0 Å². The first-order valence-corrected chi connectivity index (χ1v) is 9.32.